The molecule has 1 N–H and O–H groups in total. The van der Waals surface area contributed by atoms with E-state index in [-0.39, 0.29) is 5.57 Å². The van der Waals surface area contributed by atoms with Gasteiger partial charge in [-0.25, -0.2) is 0 Å². The molecular formula is C25H19Br2ClN2O2. The fraction of sp³-hybridized carbons (Fsp3) is 0.120. The Kier molecular flexibility index (Phi) is 8.14. The molecule has 0 heterocycles. The molecule has 7 heteroatoms. The number of hydrogen-bond acceptors (Lipinski definition) is 3. The van der Waals surface area contributed by atoms with E-state index in [0.717, 1.165) is 11.1 Å². The van der Waals surface area contributed by atoms with Gasteiger partial charge in [0.05, 0.1) is 8.95 Å². The van der Waals surface area contributed by atoms with Crippen LogP contribution in [-0.4, -0.2) is 5.91 Å². The van der Waals surface area contributed by atoms with Crippen molar-refractivity contribution in [3.63, 3.8) is 0 Å². The van der Waals surface area contributed by atoms with E-state index in [0.29, 0.717) is 37.6 Å². The first-order valence-corrected chi connectivity index (χ1v) is 11.6. The number of carbonyl (C=O) groups is 1. The van der Waals surface area contributed by atoms with Crippen molar-refractivity contribution in [2.75, 3.05) is 5.32 Å². The van der Waals surface area contributed by atoms with Gasteiger partial charge in [-0.1, -0.05) is 47.5 Å². The minimum absolute atomic E-state index is 0.0310. The van der Waals surface area contributed by atoms with Gasteiger partial charge in [0, 0.05) is 10.7 Å². The van der Waals surface area contributed by atoms with Gasteiger partial charge in [0.15, 0.2) is 0 Å². The number of aryl methyl sites for hydroxylation is 1. The number of hydrogen-bond donors (Lipinski definition) is 1. The molecule has 0 radical (unpaired) electrons. The molecule has 32 heavy (non-hydrogen) atoms. The summed E-state index contributed by atoms with van der Waals surface area (Å²) in [6.07, 6.45) is 1.52. The van der Waals surface area contributed by atoms with Crippen molar-refractivity contribution in [2.45, 2.75) is 20.5 Å². The first-order valence-electron chi connectivity index (χ1n) is 9.64. The predicted octanol–water partition coefficient (Wildman–Crippen LogP) is 7.61. The van der Waals surface area contributed by atoms with Crippen LogP contribution in [0.1, 0.15) is 22.3 Å². The lowest BCUT2D eigenvalue weighted by molar-refractivity contribution is -0.112. The molecule has 0 aliphatic rings. The molecule has 0 aromatic heterocycles. The molecule has 162 valence electrons. The van der Waals surface area contributed by atoms with E-state index >= 15 is 0 Å². The molecule has 1 amide bonds. The van der Waals surface area contributed by atoms with Crippen LogP contribution in [0.25, 0.3) is 6.08 Å². The normalized spacial score (nSPS) is 11.1. The Bertz CT molecular complexity index is 1210. The number of nitriles is 1. The van der Waals surface area contributed by atoms with E-state index in [1.54, 1.807) is 37.3 Å². The number of nitrogens with zero attached hydrogens (tertiary/aromatic N) is 1. The average Bonchev–Trinajstić information content (AvgIpc) is 2.76. The van der Waals surface area contributed by atoms with Crippen molar-refractivity contribution in [3.8, 4) is 11.8 Å². The summed E-state index contributed by atoms with van der Waals surface area (Å²) in [6.45, 7) is 4.25. The minimum atomic E-state index is -0.509. The van der Waals surface area contributed by atoms with Crippen molar-refractivity contribution in [1.82, 2.24) is 0 Å². The zero-order valence-electron chi connectivity index (χ0n) is 17.4. The molecule has 0 saturated heterocycles. The molecular weight excluding hydrogens is 556 g/mol. The van der Waals surface area contributed by atoms with Gasteiger partial charge in [-0.2, -0.15) is 5.26 Å². The summed E-state index contributed by atoms with van der Waals surface area (Å²) in [6, 6.07) is 18.9. The van der Waals surface area contributed by atoms with E-state index in [4.69, 9.17) is 16.3 Å². The summed E-state index contributed by atoms with van der Waals surface area (Å²) in [5.41, 5.74) is 4.18. The molecule has 0 spiro atoms. The van der Waals surface area contributed by atoms with Gasteiger partial charge in [0.25, 0.3) is 5.91 Å². The zero-order valence-corrected chi connectivity index (χ0v) is 21.3. The number of carbonyl (C=O) groups excluding carboxylic acids is 1. The average molecular weight is 575 g/mol. The number of anilines is 1. The van der Waals surface area contributed by atoms with E-state index in [9.17, 15) is 10.1 Å². The van der Waals surface area contributed by atoms with Gasteiger partial charge in [-0.15, -0.1) is 0 Å². The van der Waals surface area contributed by atoms with Crippen LogP contribution < -0.4 is 10.1 Å². The van der Waals surface area contributed by atoms with Crippen molar-refractivity contribution in [1.29, 1.82) is 5.26 Å². The van der Waals surface area contributed by atoms with Gasteiger partial charge in [0.1, 0.15) is 24.0 Å². The standard InChI is InChI=1S/C25H19Br2ClN2O2/c1-15-6-8-17(9-7-15)14-32-24-20(26)11-18(12-21(24)27)10-19(13-29)25(31)30-23-5-3-4-22(28)16(23)2/h3-12H,14H2,1-2H3,(H,30,31)/b19-10-. The van der Waals surface area contributed by atoms with Crippen molar-refractivity contribution >= 4 is 61.1 Å². The van der Waals surface area contributed by atoms with Gasteiger partial charge < -0.3 is 10.1 Å². The first kappa shape index (κ1) is 24.1. The van der Waals surface area contributed by atoms with E-state index < -0.39 is 5.91 Å². The van der Waals surface area contributed by atoms with Crippen LogP contribution in [0.2, 0.25) is 5.02 Å². The first-order chi connectivity index (χ1) is 15.3. The Morgan fingerprint density at radius 2 is 1.78 bits per heavy atom. The maximum absolute atomic E-state index is 12.6. The van der Waals surface area contributed by atoms with Crippen LogP contribution >= 0.6 is 43.5 Å². The molecule has 0 fully saturated rings. The predicted molar refractivity (Wildman–Crippen MR) is 136 cm³/mol. The zero-order chi connectivity index (χ0) is 23.3. The fourth-order valence-electron chi connectivity index (χ4n) is 2.89. The highest BCUT2D eigenvalue weighted by Gasteiger charge is 2.14. The molecule has 3 aromatic carbocycles. The number of nitrogens with one attached hydrogen (secondary N) is 1. The molecule has 0 unspecified atom stereocenters. The van der Waals surface area contributed by atoms with Crippen LogP contribution in [0.15, 0.2) is 69.1 Å². The fourth-order valence-corrected chi connectivity index (χ4v) is 4.51. The van der Waals surface area contributed by atoms with Crippen molar-refractivity contribution in [3.05, 3.63) is 96.4 Å². The summed E-state index contributed by atoms with van der Waals surface area (Å²) in [7, 11) is 0. The smallest absolute Gasteiger partial charge is 0.266 e. The minimum Gasteiger partial charge on any atom is -0.487 e. The summed E-state index contributed by atoms with van der Waals surface area (Å²) < 4.78 is 7.36. The second-order valence-electron chi connectivity index (χ2n) is 7.12. The quantitative estimate of drug-likeness (QED) is 0.244. The topological polar surface area (TPSA) is 62.1 Å². The molecule has 0 aliphatic carbocycles. The van der Waals surface area contributed by atoms with E-state index in [2.05, 4.69) is 37.2 Å². The van der Waals surface area contributed by atoms with E-state index in [1.807, 2.05) is 37.3 Å². The Morgan fingerprint density at radius 3 is 2.41 bits per heavy atom. The maximum Gasteiger partial charge on any atom is 0.266 e. The van der Waals surface area contributed by atoms with Crippen LogP contribution in [0.4, 0.5) is 5.69 Å². The Balaban J connectivity index is 1.78. The Hall–Kier alpha value is -2.59. The third-order valence-corrected chi connectivity index (χ3v) is 6.30. The highest BCUT2D eigenvalue weighted by molar-refractivity contribution is 9.11. The second-order valence-corrected chi connectivity index (χ2v) is 9.24. The molecule has 3 rings (SSSR count). The van der Waals surface area contributed by atoms with Gasteiger partial charge in [-0.05, 0) is 92.7 Å². The van der Waals surface area contributed by atoms with Gasteiger partial charge >= 0.3 is 0 Å². The number of rotatable bonds is 6. The number of ether oxygens (including phenoxy) is 1. The van der Waals surface area contributed by atoms with Crippen LogP contribution in [0.3, 0.4) is 0 Å². The van der Waals surface area contributed by atoms with Crippen LogP contribution in [-0.2, 0) is 11.4 Å². The highest BCUT2D eigenvalue weighted by Crippen LogP contribution is 2.36. The molecule has 0 atom stereocenters. The number of amides is 1. The third-order valence-electron chi connectivity index (χ3n) is 4.72. The van der Waals surface area contributed by atoms with Crippen LogP contribution in [0.5, 0.6) is 5.75 Å². The lowest BCUT2D eigenvalue weighted by Gasteiger charge is -2.12. The molecule has 3 aromatic rings. The van der Waals surface area contributed by atoms with Gasteiger partial charge in [-0.3, -0.25) is 4.79 Å². The Labute approximate surface area is 209 Å². The van der Waals surface area contributed by atoms with E-state index in [1.165, 1.54) is 11.6 Å². The lowest BCUT2D eigenvalue weighted by Crippen LogP contribution is -2.14. The maximum atomic E-state index is 12.6. The van der Waals surface area contributed by atoms with Crippen LogP contribution in [0, 0.1) is 25.2 Å². The summed E-state index contributed by atoms with van der Waals surface area (Å²) in [5, 5.41) is 12.8. The SMILES string of the molecule is Cc1ccc(COc2c(Br)cc(/C=C(/C#N)C(=O)Nc3cccc(Cl)c3C)cc2Br)cc1. The van der Waals surface area contributed by atoms with Gasteiger partial charge in [0.2, 0.25) is 0 Å². The van der Waals surface area contributed by atoms with Crippen molar-refractivity contribution in [2.24, 2.45) is 0 Å². The van der Waals surface area contributed by atoms with Crippen molar-refractivity contribution < 1.29 is 9.53 Å². The third kappa shape index (κ3) is 6.01. The number of halogens is 3. The second kappa shape index (κ2) is 10.8. The monoisotopic (exact) mass is 572 g/mol. The summed E-state index contributed by atoms with van der Waals surface area (Å²) >= 11 is 13.2. The lowest BCUT2D eigenvalue weighted by atomic mass is 10.1. The number of benzene rings is 3. The molecule has 0 bridgehead atoms. The molecule has 0 aliphatic heterocycles. The highest BCUT2D eigenvalue weighted by atomic mass is 79.9. The molecule has 4 nitrogen and oxygen atoms in total. The molecule has 0 saturated carbocycles. The summed E-state index contributed by atoms with van der Waals surface area (Å²) in [4.78, 5) is 12.6. The summed E-state index contributed by atoms with van der Waals surface area (Å²) in [5.74, 6) is 0.130. The Morgan fingerprint density at radius 1 is 1.12 bits per heavy atom. The largest absolute Gasteiger partial charge is 0.487 e.